The van der Waals surface area contributed by atoms with Crippen molar-refractivity contribution >= 4 is 11.8 Å². The number of benzene rings is 1. The first-order valence-electron chi connectivity index (χ1n) is 7.15. The fraction of sp³-hybridized carbons (Fsp3) is 0.375. The van der Waals surface area contributed by atoms with Gasteiger partial charge in [-0.3, -0.25) is 0 Å². The Morgan fingerprint density at radius 2 is 2.00 bits per heavy atom. The molecular weight excluding hydrogens is 266 g/mol. The van der Waals surface area contributed by atoms with Gasteiger partial charge in [0.2, 0.25) is 0 Å². The van der Waals surface area contributed by atoms with E-state index in [1.54, 1.807) is 11.6 Å². The Hall–Kier alpha value is -2.30. The highest BCUT2D eigenvalue weighted by Crippen LogP contribution is 2.26. The van der Waals surface area contributed by atoms with Crippen molar-refractivity contribution in [3.63, 3.8) is 0 Å². The zero-order valence-corrected chi connectivity index (χ0v) is 12.7. The van der Waals surface area contributed by atoms with Gasteiger partial charge in [-0.05, 0) is 25.5 Å². The van der Waals surface area contributed by atoms with Gasteiger partial charge in [-0.2, -0.15) is 5.10 Å². The Balaban J connectivity index is 2.55. The average Bonchev–Trinajstić information content (AvgIpc) is 2.83. The molecular formula is C16H21N3O2. The van der Waals surface area contributed by atoms with Crippen LogP contribution in [0.25, 0.3) is 5.69 Å². The second-order valence-corrected chi connectivity index (χ2v) is 5.11. The van der Waals surface area contributed by atoms with Gasteiger partial charge >= 0.3 is 5.97 Å². The first-order valence-corrected chi connectivity index (χ1v) is 7.15. The van der Waals surface area contributed by atoms with Crippen molar-refractivity contribution in [2.45, 2.75) is 26.7 Å². The van der Waals surface area contributed by atoms with Gasteiger partial charge in [0.25, 0.3) is 0 Å². The summed E-state index contributed by atoms with van der Waals surface area (Å²) < 4.78 is 1.72. The van der Waals surface area contributed by atoms with E-state index in [-0.39, 0.29) is 5.56 Å². The summed E-state index contributed by atoms with van der Waals surface area (Å²) in [5.41, 5.74) is 1.67. The van der Waals surface area contributed by atoms with Gasteiger partial charge in [-0.1, -0.05) is 31.5 Å². The lowest BCUT2D eigenvalue weighted by molar-refractivity contribution is 0.0697. The number of carboxylic acids is 1. The van der Waals surface area contributed by atoms with E-state index < -0.39 is 5.97 Å². The van der Waals surface area contributed by atoms with E-state index in [1.807, 2.05) is 42.3 Å². The third-order valence-electron chi connectivity index (χ3n) is 3.46. The van der Waals surface area contributed by atoms with Crippen LogP contribution >= 0.6 is 0 Å². The van der Waals surface area contributed by atoms with Gasteiger partial charge in [0.05, 0.1) is 11.4 Å². The van der Waals surface area contributed by atoms with Crippen LogP contribution in [0.5, 0.6) is 0 Å². The summed E-state index contributed by atoms with van der Waals surface area (Å²) in [5.74, 6) is -0.298. The van der Waals surface area contributed by atoms with Crippen molar-refractivity contribution in [2.24, 2.45) is 0 Å². The quantitative estimate of drug-likeness (QED) is 0.887. The Labute approximate surface area is 124 Å². The standard InChI is InChI=1S/C16H21N3O2/c1-4-5-11-18(3)15-14(16(20)21)12(2)17-19(15)13-9-7-6-8-10-13/h6-10H,4-5,11H2,1-3H3,(H,20,21). The molecule has 0 spiro atoms. The normalized spacial score (nSPS) is 10.6. The lowest BCUT2D eigenvalue weighted by atomic mass is 10.2. The van der Waals surface area contributed by atoms with Crippen LogP contribution in [0.4, 0.5) is 5.82 Å². The topological polar surface area (TPSA) is 58.4 Å². The predicted octanol–water partition coefficient (Wildman–Crippen LogP) is 3.12. The molecule has 0 amide bonds. The molecule has 1 N–H and O–H groups in total. The maximum Gasteiger partial charge on any atom is 0.341 e. The van der Waals surface area contributed by atoms with Gasteiger partial charge in [-0.15, -0.1) is 0 Å². The van der Waals surface area contributed by atoms with E-state index in [4.69, 9.17) is 0 Å². The van der Waals surface area contributed by atoms with Crippen LogP contribution in [-0.2, 0) is 0 Å². The van der Waals surface area contributed by atoms with Gasteiger partial charge < -0.3 is 10.0 Å². The van der Waals surface area contributed by atoms with Crippen LogP contribution in [0.3, 0.4) is 0 Å². The van der Waals surface area contributed by atoms with Crippen molar-refractivity contribution in [2.75, 3.05) is 18.5 Å². The molecule has 1 heterocycles. The molecule has 5 heteroatoms. The number of carbonyl (C=O) groups is 1. The zero-order chi connectivity index (χ0) is 15.4. The minimum absolute atomic E-state index is 0.275. The second-order valence-electron chi connectivity index (χ2n) is 5.11. The predicted molar refractivity (Wildman–Crippen MR) is 83.4 cm³/mol. The van der Waals surface area contributed by atoms with Crippen molar-refractivity contribution in [3.8, 4) is 5.69 Å². The van der Waals surface area contributed by atoms with E-state index in [9.17, 15) is 9.90 Å². The van der Waals surface area contributed by atoms with Crippen LogP contribution in [-0.4, -0.2) is 34.4 Å². The molecule has 0 fully saturated rings. The number of nitrogens with zero attached hydrogens (tertiary/aromatic N) is 3. The minimum Gasteiger partial charge on any atom is -0.477 e. The molecule has 112 valence electrons. The number of aromatic carboxylic acids is 1. The van der Waals surface area contributed by atoms with Gasteiger partial charge in [0.15, 0.2) is 0 Å². The SMILES string of the molecule is CCCCN(C)c1c(C(=O)O)c(C)nn1-c1ccccc1. The summed E-state index contributed by atoms with van der Waals surface area (Å²) in [6.45, 7) is 4.65. The Morgan fingerprint density at radius 3 is 2.57 bits per heavy atom. The molecule has 0 aliphatic heterocycles. The van der Waals surface area contributed by atoms with Crippen molar-refractivity contribution in [1.29, 1.82) is 0 Å². The summed E-state index contributed by atoms with van der Waals surface area (Å²) in [7, 11) is 1.91. The second kappa shape index (κ2) is 6.43. The summed E-state index contributed by atoms with van der Waals surface area (Å²) >= 11 is 0. The highest BCUT2D eigenvalue weighted by atomic mass is 16.4. The van der Waals surface area contributed by atoms with E-state index in [0.717, 1.165) is 25.1 Å². The van der Waals surface area contributed by atoms with E-state index in [0.29, 0.717) is 11.5 Å². The Kier molecular flexibility index (Phi) is 4.62. The third kappa shape index (κ3) is 3.07. The fourth-order valence-corrected chi connectivity index (χ4v) is 2.37. The molecule has 0 aliphatic rings. The number of aromatic nitrogens is 2. The van der Waals surface area contributed by atoms with E-state index >= 15 is 0 Å². The molecule has 0 atom stereocenters. The largest absolute Gasteiger partial charge is 0.477 e. The van der Waals surface area contributed by atoms with Crippen LogP contribution in [0.2, 0.25) is 0 Å². The number of aryl methyl sites for hydroxylation is 1. The van der Waals surface area contributed by atoms with Crippen molar-refractivity contribution in [3.05, 3.63) is 41.6 Å². The van der Waals surface area contributed by atoms with Crippen LogP contribution in [0.15, 0.2) is 30.3 Å². The number of rotatable bonds is 6. The first-order chi connectivity index (χ1) is 10.1. The third-order valence-corrected chi connectivity index (χ3v) is 3.46. The molecule has 0 aliphatic carbocycles. The summed E-state index contributed by atoms with van der Waals surface area (Å²) in [6, 6.07) is 9.62. The molecule has 0 unspecified atom stereocenters. The van der Waals surface area contributed by atoms with Gasteiger partial charge in [0.1, 0.15) is 11.4 Å². The highest BCUT2D eigenvalue weighted by Gasteiger charge is 2.24. The van der Waals surface area contributed by atoms with Gasteiger partial charge in [0, 0.05) is 13.6 Å². The smallest absolute Gasteiger partial charge is 0.341 e. The maximum absolute atomic E-state index is 11.6. The molecule has 2 aromatic rings. The molecule has 2 rings (SSSR count). The molecule has 0 saturated heterocycles. The number of anilines is 1. The molecule has 5 nitrogen and oxygen atoms in total. The molecule has 1 aromatic heterocycles. The first kappa shape index (κ1) is 15.1. The average molecular weight is 287 g/mol. The Bertz CT molecular complexity index is 620. The van der Waals surface area contributed by atoms with E-state index in [1.165, 1.54) is 0 Å². The monoisotopic (exact) mass is 287 g/mol. The summed E-state index contributed by atoms with van der Waals surface area (Å²) in [4.78, 5) is 13.6. The molecule has 21 heavy (non-hydrogen) atoms. The highest BCUT2D eigenvalue weighted by molar-refractivity contribution is 5.95. The number of unbranched alkanes of at least 4 members (excludes halogenated alkanes) is 1. The lowest BCUT2D eigenvalue weighted by Gasteiger charge is -2.21. The number of hydrogen-bond acceptors (Lipinski definition) is 3. The Morgan fingerprint density at radius 1 is 1.33 bits per heavy atom. The summed E-state index contributed by atoms with van der Waals surface area (Å²) in [6.07, 6.45) is 2.07. The van der Waals surface area contributed by atoms with Crippen LogP contribution in [0, 0.1) is 6.92 Å². The summed E-state index contributed by atoms with van der Waals surface area (Å²) in [5, 5.41) is 13.9. The molecule has 0 radical (unpaired) electrons. The lowest BCUT2D eigenvalue weighted by Crippen LogP contribution is -2.23. The number of hydrogen-bond donors (Lipinski definition) is 1. The molecule has 0 saturated carbocycles. The van der Waals surface area contributed by atoms with Crippen LogP contribution < -0.4 is 4.90 Å². The van der Waals surface area contributed by atoms with Crippen molar-refractivity contribution < 1.29 is 9.90 Å². The number of carboxylic acid groups (broad SMARTS) is 1. The van der Waals surface area contributed by atoms with E-state index in [2.05, 4.69) is 12.0 Å². The fourth-order valence-electron chi connectivity index (χ4n) is 2.37. The molecule has 1 aromatic carbocycles. The molecule has 0 bridgehead atoms. The van der Waals surface area contributed by atoms with Gasteiger partial charge in [-0.25, -0.2) is 9.48 Å². The van der Waals surface area contributed by atoms with Crippen molar-refractivity contribution in [1.82, 2.24) is 9.78 Å². The minimum atomic E-state index is -0.937. The van der Waals surface area contributed by atoms with Crippen LogP contribution in [0.1, 0.15) is 35.8 Å². The number of para-hydroxylation sites is 1. The maximum atomic E-state index is 11.6. The zero-order valence-electron chi connectivity index (χ0n) is 12.7.